The third-order valence-electron chi connectivity index (χ3n) is 5.56. The Hall–Kier alpha value is -2.17. The number of nitrogens with one attached hydrogen (secondary N) is 1. The van der Waals surface area contributed by atoms with Crippen LogP contribution in [0.15, 0.2) is 29.1 Å². The minimum absolute atomic E-state index is 0.0997. The van der Waals surface area contributed by atoms with Crippen molar-refractivity contribution in [2.75, 3.05) is 0 Å². The molecule has 3 unspecified atom stereocenters. The maximum absolute atomic E-state index is 13.0. The smallest absolute Gasteiger partial charge is 0.274 e. The summed E-state index contributed by atoms with van der Waals surface area (Å²) in [6.07, 6.45) is 3.35. The Labute approximate surface area is 148 Å². The van der Waals surface area contributed by atoms with Crippen LogP contribution >= 0.6 is 0 Å². The zero-order chi connectivity index (χ0) is 18.1. The number of fused-ring (bicyclic) bond motifs is 1. The first-order chi connectivity index (χ1) is 11.9. The average Bonchev–Trinajstić information content (AvgIpc) is 2.59. The van der Waals surface area contributed by atoms with Crippen molar-refractivity contribution in [2.24, 2.45) is 11.8 Å². The Kier molecular flexibility index (Phi) is 4.93. The Balaban J connectivity index is 2.01. The number of carbonyl (C=O) groups excluding carboxylic acids is 1. The SMILES string of the molecule is CC1CCCC(NC(=O)c2nn(C(C)C)c(=O)c3ccccc23)C1C. The van der Waals surface area contributed by atoms with Crippen LogP contribution in [0.1, 0.15) is 63.5 Å². The highest BCUT2D eigenvalue weighted by Gasteiger charge is 2.29. The van der Waals surface area contributed by atoms with Gasteiger partial charge in [-0.15, -0.1) is 0 Å². The van der Waals surface area contributed by atoms with Gasteiger partial charge in [-0.05, 0) is 38.2 Å². The molecular weight excluding hydrogens is 314 g/mol. The van der Waals surface area contributed by atoms with Crippen LogP contribution in [0.4, 0.5) is 0 Å². The predicted molar refractivity (Wildman–Crippen MR) is 99.8 cm³/mol. The number of hydrogen-bond donors (Lipinski definition) is 1. The lowest BCUT2D eigenvalue weighted by atomic mass is 9.78. The zero-order valence-corrected chi connectivity index (χ0v) is 15.5. The molecule has 1 saturated carbocycles. The molecule has 0 saturated heterocycles. The molecule has 3 rings (SSSR count). The fourth-order valence-corrected chi connectivity index (χ4v) is 3.75. The van der Waals surface area contributed by atoms with Crippen molar-refractivity contribution in [1.82, 2.24) is 15.1 Å². The fourth-order valence-electron chi connectivity index (χ4n) is 3.75. The number of aromatic nitrogens is 2. The quantitative estimate of drug-likeness (QED) is 0.929. The lowest BCUT2D eigenvalue weighted by molar-refractivity contribution is 0.0885. The van der Waals surface area contributed by atoms with Gasteiger partial charge in [-0.2, -0.15) is 5.10 Å². The van der Waals surface area contributed by atoms with Gasteiger partial charge in [0.05, 0.1) is 11.4 Å². The second kappa shape index (κ2) is 6.98. The molecule has 1 aromatic heterocycles. The van der Waals surface area contributed by atoms with Crippen LogP contribution in [0.2, 0.25) is 0 Å². The lowest BCUT2D eigenvalue weighted by Crippen LogP contribution is -2.44. The van der Waals surface area contributed by atoms with Crippen molar-refractivity contribution < 1.29 is 4.79 Å². The molecule has 0 radical (unpaired) electrons. The largest absolute Gasteiger partial charge is 0.348 e. The van der Waals surface area contributed by atoms with E-state index in [4.69, 9.17) is 0 Å². The average molecular weight is 341 g/mol. The molecule has 2 aromatic rings. The van der Waals surface area contributed by atoms with Crippen molar-refractivity contribution in [3.8, 4) is 0 Å². The van der Waals surface area contributed by atoms with E-state index in [2.05, 4.69) is 24.3 Å². The van der Waals surface area contributed by atoms with E-state index in [1.807, 2.05) is 26.0 Å². The topological polar surface area (TPSA) is 64.0 Å². The number of hydrogen-bond acceptors (Lipinski definition) is 3. The van der Waals surface area contributed by atoms with Crippen LogP contribution in [0.25, 0.3) is 10.8 Å². The Morgan fingerprint density at radius 3 is 2.56 bits per heavy atom. The van der Waals surface area contributed by atoms with E-state index in [1.165, 1.54) is 11.1 Å². The molecule has 1 amide bonds. The molecule has 1 aliphatic rings. The maximum Gasteiger partial charge on any atom is 0.274 e. The van der Waals surface area contributed by atoms with E-state index in [9.17, 15) is 9.59 Å². The van der Waals surface area contributed by atoms with Crippen LogP contribution < -0.4 is 10.9 Å². The van der Waals surface area contributed by atoms with Gasteiger partial charge in [-0.1, -0.05) is 44.9 Å². The van der Waals surface area contributed by atoms with Crippen LogP contribution in [-0.4, -0.2) is 21.7 Å². The molecule has 5 nitrogen and oxygen atoms in total. The van der Waals surface area contributed by atoms with Gasteiger partial charge in [0.15, 0.2) is 5.69 Å². The molecule has 0 bridgehead atoms. The van der Waals surface area contributed by atoms with Crippen molar-refractivity contribution in [1.29, 1.82) is 0 Å². The van der Waals surface area contributed by atoms with Gasteiger partial charge in [-0.25, -0.2) is 4.68 Å². The molecule has 1 N–H and O–H groups in total. The summed E-state index contributed by atoms with van der Waals surface area (Å²) in [7, 11) is 0. The summed E-state index contributed by atoms with van der Waals surface area (Å²) >= 11 is 0. The van der Waals surface area contributed by atoms with E-state index in [-0.39, 0.29) is 23.6 Å². The molecule has 1 aliphatic carbocycles. The monoisotopic (exact) mass is 341 g/mol. The predicted octanol–water partition coefficient (Wildman–Crippen LogP) is 3.53. The minimum Gasteiger partial charge on any atom is -0.348 e. The molecule has 1 heterocycles. The molecule has 1 aromatic carbocycles. The molecule has 0 spiro atoms. The minimum atomic E-state index is -0.184. The Morgan fingerprint density at radius 1 is 1.20 bits per heavy atom. The second-order valence-electron chi connectivity index (χ2n) is 7.58. The van der Waals surface area contributed by atoms with Crippen molar-refractivity contribution >= 4 is 16.7 Å². The Bertz CT molecular complexity index is 840. The highest BCUT2D eigenvalue weighted by Crippen LogP contribution is 2.29. The van der Waals surface area contributed by atoms with Gasteiger partial charge in [0.25, 0.3) is 11.5 Å². The van der Waals surface area contributed by atoms with E-state index < -0.39 is 0 Å². The third kappa shape index (κ3) is 3.32. The number of carbonyl (C=O) groups is 1. The van der Waals surface area contributed by atoms with Gasteiger partial charge in [0.2, 0.25) is 0 Å². The summed E-state index contributed by atoms with van der Waals surface area (Å²) in [5.74, 6) is 0.866. The molecule has 134 valence electrons. The van der Waals surface area contributed by atoms with E-state index >= 15 is 0 Å². The van der Waals surface area contributed by atoms with E-state index in [0.29, 0.717) is 28.3 Å². The van der Waals surface area contributed by atoms with Crippen molar-refractivity contribution in [3.63, 3.8) is 0 Å². The summed E-state index contributed by atoms with van der Waals surface area (Å²) in [6, 6.07) is 7.29. The van der Waals surface area contributed by atoms with Gasteiger partial charge in [0, 0.05) is 11.4 Å². The van der Waals surface area contributed by atoms with Crippen LogP contribution in [-0.2, 0) is 0 Å². The molecule has 3 atom stereocenters. The van der Waals surface area contributed by atoms with Crippen molar-refractivity contribution in [2.45, 2.75) is 59.0 Å². The lowest BCUT2D eigenvalue weighted by Gasteiger charge is -2.34. The van der Waals surface area contributed by atoms with Crippen LogP contribution in [0.5, 0.6) is 0 Å². The normalized spacial score (nSPS) is 23.8. The van der Waals surface area contributed by atoms with Gasteiger partial charge >= 0.3 is 0 Å². The maximum atomic E-state index is 13.0. The first-order valence-electron chi connectivity index (χ1n) is 9.22. The van der Waals surface area contributed by atoms with E-state index in [1.54, 1.807) is 12.1 Å². The number of nitrogens with zero attached hydrogens (tertiary/aromatic N) is 2. The van der Waals surface area contributed by atoms with Gasteiger partial charge < -0.3 is 5.32 Å². The number of benzene rings is 1. The fraction of sp³-hybridized carbons (Fsp3) is 0.550. The molecule has 25 heavy (non-hydrogen) atoms. The third-order valence-corrected chi connectivity index (χ3v) is 5.56. The highest BCUT2D eigenvalue weighted by atomic mass is 16.2. The van der Waals surface area contributed by atoms with Crippen LogP contribution in [0.3, 0.4) is 0 Å². The molecule has 5 heteroatoms. The number of rotatable bonds is 3. The van der Waals surface area contributed by atoms with Gasteiger partial charge in [-0.3, -0.25) is 9.59 Å². The molecular formula is C20H27N3O2. The summed E-state index contributed by atoms with van der Waals surface area (Å²) in [5.41, 5.74) is 0.191. The first kappa shape index (κ1) is 17.6. The number of amides is 1. The summed E-state index contributed by atoms with van der Waals surface area (Å²) in [5, 5.41) is 8.74. The first-order valence-corrected chi connectivity index (χ1v) is 9.22. The van der Waals surface area contributed by atoms with Crippen molar-refractivity contribution in [3.05, 3.63) is 40.3 Å². The van der Waals surface area contributed by atoms with Crippen LogP contribution in [0, 0.1) is 11.8 Å². The summed E-state index contributed by atoms with van der Waals surface area (Å²) < 4.78 is 1.41. The summed E-state index contributed by atoms with van der Waals surface area (Å²) in [4.78, 5) is 25.6. The molecule has 1 fully saturated rings. The second-order valence-corrected chi connectivity index (χ2v) is 7.58. The van der Waals surface area contributed by atoms with E-state index in [0.717, 1.165) is 12.8 Å². The highest BCUT2D eigenvalue weighted by molar-refractivity contribution is 6.04. The van der Waals surface area contributed by atoms with Gasteiger partial charge in [0.1, 0.15) is 0 Å². The zero-order valence-electron chi connectivity index (χ0n) is 15.5. The summed E-state index contributed by atoms with van der Waals surface area (Å²) in [6.45, 7) is 8.25. The Morgan fingerprint density at radius 2 is 1.88 bits per heavy atom. The molecule has 0 aliphatic heterocycles. The standard InChI is InChI=1S/C20H27N3O2/c1-12(2)23-20(25)16-10-6-5-9-15(16)18(22-23)19(24)21-17-11-7-8-13(3)14(17)4/h5-6,9-10,12-14,17H,7-8,11H2,1-4H3,(H,21,24).